The molecule has 1 aromatic heterocycles. The molecule has 0 bridgehead atoms. The van der Waals surface area contributed by atoms with Crippen LogP contribution in [0, 0.1) is 0 Å². The molecular weight excluding hydrogens is 188 g/mol. The molecule has 0 saturated carbocycles. The second-order valence-corrected chi connectivity index (χ2v) is 3.04. The summed E-state index contributed by atoms with van der Waals surface area (Å²) in [5.74, 6) is -0.957. The van der Waals surface area contributed by atoms with Crippen molar-refractivity contribution in [3.63, 3.8) is 0 Å². The Bertz CT molecular complexity index is 333. The highest BCUT2D eigenvalue weighted by atomic mass is 32.1. The van der Waals surface area contributed by atoms with Crippen molar-refractivity contribution < 1.29 is 9.90 Å². The molecule has 5 heteroatoms. The molecule has 0 aliphatic rings. The Morgan fingerprint density at radius 2 is 2.23 bits per heavy atom. The van der Waals surface area contributed by atoms with Crippen molar-refractivity contribution in [3.8, 4) is 0 Å². The van der Waals surface area contributed by atoms with Gasteiger partial charge >= 0.3 is 5.97 Å². The minimum atomic E-state index is -0.957. The third-order valence-electron chi connectivity index (χ3n) is 1.85. The van der Waals surface area contributed by atoms with Gasteiger partial charge in [-0.05, 0) is 13.3 Å². The van der Waals surface area contributed by atoms with Crippen molar-refractivity contribution in [3.05, 3.63) is 11.3 Å². The summed E-state index contributed by atoms with van der Waals surface area (Å²) in [4.78, 5) is 10.8. The van der Waals surface area contributed by atoms with E-state index in [1.165, 1.54) is 0 Å². The largest absolute Gasteiger partial charge is 0.478 e. The molecule has 0 aliphatic carbocycles. The number of hydrogen-bond donors (Lipinski definition) is 2. The Balaban J connectivity index is 3.28. The molecule has 1 aromatic rings. The van der Waals surface area contributed by atoms with Gasteiger partial charge in [-0.15, -0.1) is 12.6 Å². The maximum Gasteiger partial charge on any atom is 0.340 e. The summed E-state index contributed by atoms with van der Waals surface area (Å²) < 4.78 is 1.59. The minimum absolute atomic E-state index is 0.229. The van der Waals surface area contributed by atoms with Crippen LogP contribution in [-0.4, -0.2) is 20.9 Å². The number of rotatable bonds is 3. The topological polar surface area (TPSA) is 55.1 Å². The zero-order chi connectivity index (χ0) is 10.0. The number of aryl methyl sites for hydroxylation is 2. The Morgan fingerprint density at radius 3 is 2.54 bits per heavy atom. The van der Waals surface area contributed by atoms with Gasteiger partial charge in [-0.2, -0.15) is 5.10 Å². The molecular formula is C8H12N2O2S. The summed E-state index contributed by atoms with van der Waals surface area (Å²) >= 11 is 4.13. The van der Waals surface area contributed by atoms with Gasteiger partial charge in [-0.25, -0.2) is 4.79 Å². The summed E-state index contributed by atoms with van der Waals surface area (Å²) in [7, 11) is 0. The summed E-state index contributed by atoms with van der Waals surface area (Å²) in [5.41, 5.74) is 0.826. The molecule has 1 N–H and O–H groups in total. The predicted octanol–water partition coefficient (Wildman–Crippen LogP) is 1.45. The van der Waals surface area contributed by atoms with Crippen molar-refractivity contribution in [2.45, 2.75) is 31.8 Å². The van der Waals surface area contributed by atoms with Crippen LogP contribution in [0.2, 0.25) is 0 Å². The van der Waals surface area contributed by atoms with Gasteiger partial charge in [-0.3, -0.25) is 4.68 Å². The smallest absolute Gasteiger partial charge is 0.340 e. The molecule has 0 radical (unpaired) electrons. The standard InChI is InChI=1S/C8H12N2O2S/c1-3-5-6(8(11)12)7(13)10(4-2)9-5/h13H,3-4H2,1-2H3,(H,11,12). The molecule has 13 heavy (non-hydrogen) atoms. The van der Waals surface area contributed by atoms with Gasteiger partial charge in [0.1, 0.15) is 10.6 Å². The summed E-state index contributed by atoms with van der Waals surface area (Å²) in [6.45, 7) is 4.42. The van der Waals surface area contributed by atoms with E-state index in [9.17, 15) is 4.79 Å². The zero-order valence-corrected chi connectivity index (χ0v) is 8.51. The first kappa shape index (κ1) is 10.1. The molecule has 4 nitrogen and oxygen atoms in total. The monoisotopic (exact) mass is 200 g/mol. The number of thiol groups is 1. The van der Waals surface area contributed by atoms with E-state index in [0.717, 1.165) is 0 Å². The molecule has 0 spiro atoms. The van der Waals surface area contributed by atoms with Gasteiger partial charge in [0, 0.05) is 6.54 Å². The van der Waals surface area contributed by atoms with Crippen LogP contribution in [0.4, 0.5) is 0 Å². The summed E-state index contributed by atoms with van der Waals surface area (Å²) in [5, 5.41) is 13.4. The molecule has 1 rings (SSSR count). The quantitative estimate of drug-likeness (QED) is 0.726. The van der Waals surface area contributed by atoms with Gasteiger partial charge in [-0.1, -0.05) is 6.92 Å². The fraction of sp³-hybridized carbons (Fsp3) is 0.500. The Hall–Kier alpha value is -0.970. The summed E-state index contributed by atoms with van der Waals surface area (Å²) in [6, 6.07) is 0. The molecule has 0 aromatic carbocycles. The lowest BCUT2D eigenvalue weighted by Gasteiger charge is -1.96. The molecule has 0 atom stereocenters. The molecule has 0 saturated heterocycles. The Morgan fingerprint density at radius 1 is 1.62 bits per heavy atom. The van der Waals surface area contributed by atoms with Crippen LogP contribution in [0.1, 0.15) is 29.9 Å². The third kappa shape index (κ3) is 1.70. The first-order valence-corrected chi connectivity index (χ1v) is 4.58. The maximum absolute atomic E-state index is 10.8. The van der Waals surface area contributed by atoms with E-state index in [4.69, 9.17) is 5.11 Å². The second-order valence-electron chi connectivity index (χ2n) is 2.62. The lowest BCUT2D eigenvalue weighted by atomic mass is 10.2. The molecule has 0 fully saturated rings. The van der Waals surface area contributed by atoms with Crippen LogP contribution in [-0.2, 0) is 13.0 Å². The summed E-state index contributed by atoms with van der Waals surface area (Å²) in [6.07, 6.45) is 0.613. The van der Waals surface area contributed by atoms with Gasteiger partial charge in [0.05, 0.1) is 5.69 Å². The van der Waals surface area contributed by atoms with Crippen LogP contribution >= 0.6 is 12.6 Å². The lowest BCUT2D eigenvalue weighted by molar-refractivity contribution is 0.0691. The van der Waals surface area contributed by atoms with Crippen LogP contribution < -0.4 is 0 Å². The first-order chi connectivity index (χ1) is 6.11. The lowest BCUT2D eigenvalue weighted by Crippen LogP contribution is -2.00. The second kappa shape index (κ2) is 3.83. The van der Waals surface area contributed by atoms with E-state index >= 15 is 0 Å². The van der Waals surface area contributed by atoms with Crippen molar-refractivity contribution in [2.75, 3.05) is 0 Å². The van der Waals surface area contributed by atoms with E-state index in [2.05, 4.69) is 17.7 Å². The normalized spacial score (nSPS) is 10.4. The van der Waals surface area contributed by atoms with Gasteiger partial charge in [0.25, 0.3) is 0 Å². The molecule has 1 heterocycles. The minimum Gasteiger partial charge on any atom is -0.478 e. The maximum atomic E-state index is 10.8. The van der Waals surface area contributed by atoms with E-state index in [0.29, 0.717) is 23.7 Å². The Labute approximate surface area is 82.0 Å². The Kier molecular flexibility index (Phi) is 2.98. The van der Waals surface area contributed by atoms with Crippen LogP contribution in [0.3, 0.4) is 0 Å². The average Bonchev–Trinajstić information content (AvgIpc) is 2.41. The number of carboxylic acid groups (broad SMARTS) is 1. The van der Waals surface area contributed by atoms with E-state index in [-0.39, 0.29) is 5.56 Å². The number of carbonyl (C=O) groups is 1. The first-order valence-electron chi connectivity index (χ1n) is 4.13. The van der Waals surface area contributed by atoms with Crippen molar-refractivity contribution in [1.82, 2.24) is 9.78 Å². The SMILES string of the molecule is CCc1nn(CC)c(S)c1C(=O)O. The number of hydrogen-bond acceptors (Lipinski definition) is 3. The van der Waals surface area contributed by atoms with Crippen LogP contribution in [0.25, 0.3) is 0 Å². The van der Waals surface area contributed by atoms with Crippen molar-refractivity contribution in [2.24, 2.45) is 0 Å². The molecule has 0 amide bonds. The number of aromatic carboxylic acids is 1. The van der Waals surface area contributed by atoms with E-state index < -0.39 is 5.97 Å². The zero-order valence-electron chi connectivity index (χ0n) is 7.61. The number of nitrogens with zero attached hydrogens (tertiary/aromatic N) is 2. The average molecular weight is 200 g/mol. The van der Waals surface area contributed by atoms with Gasteiger partial charge in [0.2, 0.25) is 0 Å². The highest BCUT2D eigenvalue weighted by molar-refractivity contribution is 7.80. The van der Waals surface area contributed by atoms with Crippen LogP contribution in [0.5, 0.6) is 0 Å². The molecule has 0 unspecified atom stereocenters. The third-order valence-corrected chi connectivity index (χ3v) is 2.30. The molecule has 0 aliphatic heterocycles. The van der Waals surface area contributed by atoms with E-state index in [1.54, 1.807) is 4.68 Å². The van der Waals surface area contributed by atoms with Crippen molar-refractivity contribution >= 4 is 18.6 Å². The van der Waals surface area contributed by atoms with E-state index in [1.807, 2.05) is 13.8 Å². The fourth-order valence-electron chi connectivity index (χ4n) is 1.19. The van der Waals surface area contributed by atoms with Gasteiger partial charge < -0.3 is 5.11 Å². The highest BCUT2D eigenvalue weighted by Crippen LogP contribution is 2.18. The number of aromatic nitrogens is 2. The predicted molar refractivity (Wildman–Crippen MR) is 51.5 cm³/mol. The van der Waals surface area contributed by atoms with Crippen LogP contribution in [0.15, 0.2) is 5.03 Å². The van der Waals surface area contributed by atoms with Gasteiger partial charge in [0.15, 0.2) is 0 Å². The number of carboxylic acids is 1. The van der Waals surface area contributed by atoms with Crippen molar-refractivity contribution in [1.29, 1.82) is 0 Å². The highest BCUT2D eigenvalue weighted by Gasteiger charge is 2.18. The molecule has 72 valence electrons. The fourth-order valence-corrected chi connectivity index (χ4v) is 1.60.